The minimum atomic E-state index is -0.582. The Morgan fingerprint density at radius 1 is 1.12 bits per heavy atom. The summed E-state index contributed by atoms with van der Waals surface area (Å²) >= 11 is 6.24. The second kappa shape index (κ2) is 8.43. The Morgan fingerprint density at radius 2 is 1.85 bits per heavy atom. The lowest BCUT2D eigenvalue weighted by atomic mass is 9.83. The van der Waals surface area contributed by atoms with Crippen LogP contribution in [0.1, 0.15) is 55.1 Å². The lowest BCUT2D eigenvalue weighted by molar-refractivity contribution is -0.155. The maximum Gasteiger partial charge on any atom is 0.326 e. The van der Waals surface area contributed by atoms with Crippen molar-refractivity contribution in [1.29, 1.82) is 0 Å². The molecule has 7 heteroatoms. The number of benzene rings is 2. The summed E-state index contributed by atoms with van der Waals surface area (Å²) in [4.78, 5) is 28.0. The average molecular weight is 481 g/mol. The van der Waals surface area contributed by atoms with Gasteiger partial charge >= 0.3 is 5.97 Å². The summed E-state index contributed by atoms with van der Waals surface area (Å²) in [5.74, 6) is -0.406. The molecule has 34 heavy (non-hydrogen) atoms. The van der Waals surface area contributed by atoms with Crippen molar-refractivity contribution in [3.8, 4) is 0 Å². The molecule has 2 aliphatic heterocycles. The Labute approximate surface area is 204 Å². The molecule has 0 unspecified atom stereocenters. The van der Waals surface area contributed by atoms with E-state index in [1.165, 1.54) is 11.1 Å². The molecule has 2 aromatic carbocycles. The molecule has 0 N–H and O–H groups in total. The fourth-order valence-electron chi connectivity index (χ4n) is 5.12. The first-order valence-electron chi connectivity index (χ1n) is 11.7. The molecule has 3 heterocycles. The second-order valence-corrected chi connectivity index (χ2v) is 10.6. The molecule has 178 valence electrons. The Hall–Kier alpha value is -2.83. The van der Waals surface area contributed by atoms with Gasteiger partial charge in [0.1, 0.15) is 12.1 Å². The Kier molecular flexibility index (Phi) is 5.69. The van der Waals surface area contributed by atoms with Gasteiger partial charge in [-0.15, -0.1) is 0 Å². The van der Waals surface area contributed by atoms with Crippen LogP contribution < -0.4 is 0 Å². The molecule has 0 saturated carbocycles. The Bertz CT molecular complexity index is 1270. The van der Waals surface area contributed by atoms with Crippen LogP contribution in [0.15, 0.2) is 48.7 Å². The molecule has 0 radical (unpaired) electrons. The number of ether oxygens (including phenoxy) is 2. The molecular weight excluding hydrogens is 452 g/mol. The molecule has 1 fully saturated rings. The number of likely N-dealkylation sites (tertiary alicyclic amines) is 1. The number of carbonyl (C=O) groups is 2. The number of fused-ring (bicyclic) bond motifs is 3. The van der Waals surface area contributed by atoms with Gasteiger partial charge < -0.3 is 18.9 Å². The first-order chi connectivity index (χ1) is 16.2. The number of piperidine rings is 1. The zero-order valence-corrected chi connectivity index (χ0v) is 20.5. The fraction of sp³-hybridized carbons (Fsp3) is 0.407. The fourth-order valence-corrected chi connectivity index (χ4v) is 5.28. The van der Waals surface area contributed by atoms with Gasteiger partial charge in [0, 0.05) is 29.7 Å². The highest BCUT2D eigenvalue weighted by atomic mass is 35.5. The molecule has 0 atom stereocenters. The molecule has 1 amide bonds. The van der Waals surface area contributed by atoms with Gasteiger partial charge in [-0.1, -0.05) is 41.9 Å². The number of esters is 1. The van der Waals surface area contributed by atoms with E-state index in [0.717, 1.165) is 23.7 Å². The van der Waals surface area contributed by atoms with E-state index in [2.05, 4.69) is 18.2 Å². The zero-order valence-electron chi connectivity index (χ0n) is 19.8. The predicted octanol–water partition coefficient (Wildman–Crippen LogP) is 5.30. The van der Waals surface area contributed by atoms with E-state index in [-0.39, 0.29) is 24.0 Å². The molecule has 1 aromatic heterocycles. The first kappa shape index (κ1) is 22.9. The monoisotopic (exact) mass is 480 g/mol. The molecule has 1 spiro atoms. The van der Waals surface area contributed by atoms with Gasteiger partial charge in [-0.05, 0) is 56.9 Å². The topological polar surface area (TPSA) is 60.8 Å². The molecule has 1 saturated heterocycles. The molecular formula is C27H29ClN2O4. The number of hydrogen-bond acceptors (Lipinski definition) is 4. The van der Waals surface area contributed by atoms with Crippen LogP contribution in [0.25, 0.3) is 10.9 Å². The number of aromatic nitrogens is 1. The number of halogens is 1. The van der Waals surface area contributed by atoms with Gasteiger partial charge in [0.05, 0.1) is 23.3 Å². The maximum atomic E-state index is 13.6. The first-order valence-corrected chi connectivity index (χ1v) is 12.0. The van der Waals surface area contributed by atoms with Crippen molar-refractivity contribution in [3.63, 3.8) is 0 Å². The summed E-state index contributed by atoms with van der Waals surface area (Å²) < 4.78 is 13.5. The summed E-state index contributed by atoms with van der Waals surface area (Å²) in [6.07, 6.45) is 3.27. The van der Waals surface area contributed by atoms with E-state index >= 15 is 0 Å². The summed E-state index contributed by atoms with van der Waals surface area (Å²) in [5.41, 5.74) is 2.92. The van der Waals surface area contributed by atoms with E-state index in [0.29, 0.717) is 30.3 Å². The second-order valence-electron chi connectivity index (χ2n) is 10.2. The van der Waals surface area contributed by atoms with Crippen LogP contribution in [0, 0.1) is 0 Å². The van der Waals surface area contributed by atoms with E-state index in [9.17, 15) is 9.59 Å². The van der Waals surface area contributed by atoms with Crippen LogP contribution in [0.4, 0.5) is 0 Å². The normalized spacial score (nSPS) is 17.2. The van der Waals surface area contributed by atoms with Crippen LogP contribution in [0.2, 0.25) is 5.02 Å². The lowest BCUT2D eigenvalue weighted by Gasteiger charge is -2.39. The highest BCUT2D eigenvalue weighted by Gasteiger charge is 2.43. The third kappa shape index (κ3) is 4.21. The van der Waals surface area contributed by atoms with Crippen LogP contribution in [0.5, 0.6) is 0 Å². The van der Waals surface area contributed by atoms with Crippen molar-refractivity contribution in [2.75, 3.05) is 13.1 Å². The van der Waals surface area contributed by atoms with E-state index in [1.807, 2.05) is 37.8 Å². The summed E-state index contributed by atoms with van der Waals surface area (Å²) in [7, 11) is 0. The van der Waals surface area contributed by atoms with Gasteiger partial charge in [-0.2, -0.15) is 0 Å². The van der Waals surface area contributed by atoms with Crippen LogP contribution in [0.3, 0.4) is 0 Å². The molecule has 0 aliphatic carbocycles. The van der Waals surface area contributed by atoms with Gasteiger partial charge in [-0.25, -0.2) is 0 Å². The number of hydrogen-bond donors (Lipinski definition) is 0. The third-order valence-electron chi connectivity index (χ3n) is 6.66. The predicted molar refractivity (Wildman–Crippen MR) is 131 cm³/mol. The average Bonchev–Trinajstić information content (AvgIpc) is 3.31. The zero-order chi connectivity index (χ0) is 24.1. The summed E-state index contributed by atoms with van der Waals surface area (Å²) in [6.45, 7) is 7.36. The number of amides is 1. The van der Waals surface area contributed by atoms with Gasteiger partial charge in [0.2, 0.25) is 0 Å². The largest absolute Gasteiger partial charge is 0.459 e. The van der Waals surface area contributed by atoms with Gasteiger partial charge in [0.25, 0.3) is 5.91 Å². The van der Waals surface area contributed by atoms with E-state index < -0.39 is 5.60 Å². The number of carbonyl (C=O) groups excluding carboxylic acids is 2. The third-order valence-corrected chi connectivity index (χ3v) is 6.90. The van der Waals surface area contributed by atoms with Crippen molar-refractivity contribution in [2.45, 2.75) is 58.0 Å². The van der Waals surface area contributed by atoms with E-state index in [4.69, 9.17) is 21.1 Å². The van der Waals surface area contributed by atoms with Crippen molar-refractivity contribution < 1.29 is 19.1 Å². The Morgan fingerprint density at radius 3 is 2.59 bits per heavy atom. The molecule has 3 aromatic rings. The lowest BCUT2D eigenvalue weighted by Crippen LogP contribution is -2.45. The number of nitrogens with zero attached hydrogens (tertiary/aromatic N) is 2. The summed E-state index contributed by atoms with van der Waals surface area (Å²) in [5, 5.41) is 1.33. The number of rotatable bonds is 3. The SMILES string of the molecule is CC(C)(C)OC(=O)Cn1cc(C(=O)N2CCC3(CC2)OCc2ccccc23)c2ccc(Cl)cc21. The molecule has 0 bridgehead atoms. The van der Waals surface area contributed by atoms with Crippen molar-refractivity contribution in [3.05, 3.63) is 70.4 Å². The van der Waals surface area contributed by atoms with Crippen LogP contribution in [-0.2, 0) is 33.0 Å². The van der Waals surface area contributed by atoms with Crippen LogP contribution >= 0.6 is 11.6 Å². The molecule has 2 aliphatic rings. The minimum Gasteiger partial charge on any atom is -0.459 e. The highest BCUT2D eigenvalue weighted by molar-refractivity contribution is 6.31. The molecule has 6 nitrogen and oxygen atoms in total. The quantitative estimate of drug-likeness (QED) is 0.477. The minimum absolute atomic E-state index is 0.00905. The molecule has 5 rings (SSSR count). The van der Waals surface area contributed by atoms with Gasteiger partial charge in [0.15, 0.2) is 0 Å². The standard InChI is InChI=1S/C27H29ClN2O4/c1-26(2,3)34-24(31)16-30-15-21(20-9-8-19(28)14-23(20)30)25(32)29-12-10-27(11-13-29)22-7-5-4-6-18(22)17-33-27/h4-9,14-15H,10-13,16-17H2,1-3H3. The van der Waals surface area contributed by atoms with E-state index in [1.54, 1.807) is 22.9 Å². The Balaban J connectivity index is 1.38. The van der Waals surface area contributed by atoms with Crippen molar-refractivity contribution in [1.82, 2.24) is 9.47 Å². The summed E-state index contributed by atoms with van der Waals surface area (Å²) in [6, 6.07) is 13.8. The van der Waals surface area contributed by atoms with Gasteiger partial charge in [-0.3, -0.25) is 9.59 Å². The maximum absolute atomic E-state index is 13.6. The highest BCUT2D eigenvalue weighted by Crippen LogP contribution is 2.44. The smallest absolute Gasteiger partial charge is 0.326 e. The van der Waals surface area contributed by atoms with Crippen molar-refractivity contribution >= 4 is 34.4 Å². The van der Waals surface area contributed by atoms with Crippen molar-refractivity contribution in [2.24, 2.45) is 0 Å². The van der Waals surface area contributed by atoms with Crippen LogP contribution in [-0.4, -0.2) is 40.0 Å².